The Morgan fingerprint density at radius 2 is 2.05 bits per heavy atom. The monoisotopic (exact) mass is 352 g/mol. The van der Waals surface area contributed by atoms with Crippen LogP contribution in [0.1, 0.15) is 0 Å². The number of carbonyl (C=O) groups is 1. The van der Waals surface area contributed by atoms with Crippen LogP contribution in [0, 0.1) is 5.82 Å². The van der Waals surface area contributed by atoms with E-state index in [0.717, 1.165) is 22.8 Å². The number of sulfonamides is 1. The van der Waals surface area contributed by atoms with Gasteiger partial charge in [0.05, 0.1) is 12.7 Å². The first-order valence-electron chi connectivity index (χ1n) is 6.46. The molecule has 1 fully saturated rings. The fourth-order valence-electron chi connectivity index (χ4n) is 2.00. The molecule has 1 aromatic heterocycles. The second-order valence-corrected chi connectivity index (χ2v) is 6.78. The number of pyridine rings is 1. The summed E-state index contributed by atoms with van der Waals surface area (Å²) in [6, 6.07) is 0.883. The largest absolute Gasteiger partial charge is 0.339 e. The van der Waals surface area contributed by atoms with Crippen LogP contribution in [0.3, 0.4) is 0 Å². The van der Waals surface area contributed by atoms with E-state index in [1.807, 2.05) is 0 Å². The highest BCUT2D eigenvalue weighted by Gasteiger charge is 2.26. The van der Waals surface area contributed by atoms with E-state index in [0.29, 0.717) is 26.2 Å². The van der Waals surface area contributed by atoms with Crippen LogP contribution < -0.4 is 5.32 Å². The third kappa shape index (κ3) is 4.35. The lowest BCUT2D eigenvalue weighted by atomic mass is 10.3. The van der Waals surface area contributed by atoms with Gasteiger partial charge in [-0.15, -0.1) is 12.4 Å². The lowest BCUT2D eigenvalue weighted by molar-refractivity contribution is -0.131. The zero-order valence-corrected chi connectivity index (χ0v) is 13.7. The maximum Gasteiger partial charge on any atom is 0.244 e. The van der Waals surface area contributed by atoms with Crippen LogP contribution >= 0.6 is 12.4 Å². The Morgan fingerprint density at radius 1 is 1.41 bits per heavy atom. The van der Waals surface area contributed by atoms with Crippen molar-refractivity contribution in [2.24, 2.45) is 0 Å². The van der Waals surface area contributed by atoms with Gasteiger partial charge in [0.25, 0.3) is 0 Å². The van der Waals surface area contributed by atoms with Gasteiger partial charge in [-0.3, -0.25) is 9.78 Å². The van der Waals surface area contributed by atoms with Crippen molar-refractivity contribution >= 4 is 28.3 Å². The summed E-state index contributed by atoms with van der Waals surface area (Å²) in [7, 11) is -2.64. The molecule has 0 aliphatic carbocycles. The predicted octanol–water partition coefficient (Wildman–Crippen LogP) is -0.305. The molecule has 2 heterocycles. The van der Waals surface area contributed by atoms with Gasteiger partial charge < -0.3 is 10.2 Å². The minimum Gasteiger partial charge on any atom is -0.339 e. The number of nitrogens with zero attached hydrogens (tertiary/aromatic N) is 3. The van der Waals surface area contributed by atoms with E-state index in [2.05, 4.69) is 10.3 Å². The molecule has 22 heavy (non-hydrogen) atoms. The van der Waals surface area contributed by atoms with Crippen molar-refractivity contribution in [3.63, 3.8) is 0 Å². The molecule has 1 N–H and O–H groups in total. The number of likely N-dealkylation sites (N-methyl/N-ethyl adjacent to an activating group) is 1. The summed E-state index contributed by atoms with van der Waals surface area (Å²) < 4.78 is 38.5. The first kappa shape index (κ1) is 18.8. The molecule has 0 radical (unpaired) electrons. The summed E-state index contributed by atoms with van der Waals surface area (Å²) in [5, 5.41) is 3.11. The zero-order valence-electron chi connectivity index (χ0n) is 12.0. The van der Waals surface area contributed by atoms with Gasteiger partial charge in [-0.2, -0.15) is 4.31 Å². The molecule has 1 aromatic rings. The summed E-state index contributed by atoms with van der Waals surface area (Å²) in [5.41, 5.74) is 0. The molecule has 0 saturated carbocycles. The van der Waals surface area contributed by atoms with Gasteiger partial charge in [-0.1, -0.05) is 0 Å². The number of nitrogens with one attached hydrogen (secondary N) is 1. The summed E-state index contributed by atoms with van der Waals surface area (Å²) in [4.78, 5) is 16.9. The van der Waals surface area contributed by atoms with Gasteiger partial charge in [0.15, 0.2) is 0 Å². The normalized spacial score (nSPS) is 15.5. The van der Waals surface area contributed by atoms with E-state index < -0.39 is 15.8 Å². The van der Waals surface area contributed by atoms with Gasteiger partial charge >= 0.3 is 0 Å². The van der Waals surface area contributed by atoms with E-state index >= 15 is 0 Å². The number of hydrogen-bond donors (Lipinski definition) is 1. The predicted molar refractivity (Wildman–Crippen MR) is 80.7 cm³/mol. The van der Waals surface area contributed by atoms with Crippen LogP contribution in [0.5, 0.6) is 0 Å². The maximum absolute atomic E-state index is 13.1. The zero-order chi connectivity index (χ0) is 15.5. The number of carbonyl (C=O) groups excluding carboxylic acids is 1. The molecule has 1 aliphatic heterocycles. The SMILES string of the molecule is CN(CC(=O)N1CCNCC1)S(=O)(=O)c1cncc(F)c1.Cl. The molecule has 0 bridgehead atoms. The molecule has 0 spiro atoms. The Labute approximate surface area is 135 Å². The number of halogens is 2. The molecule has 10 heteroatoms. The molecule has 124 valence electrons. The summed E-state index contributed by atoms with van der Waals surface area (Å²) in [6.07, 6.45) is 1.98. The van der Waals surface area contributed by atoms with Crippen LogP contribution in [0.15, 0.2) is 23.4 Å². The fraction of sp³-hybridized carbons (Fsp3) is 0.500. The maximum atomic E-state index is 13.1. The molecular weight excluding hydrogens is 335 g/mol. The standard InChI is InChI=1S/C12H17FN4O3S.ClH/c1-16(9-12(18)17-4-2-14-3-5-17)21(19,20)11-6-10(13)7-15-8-11;/h6-8,14H,2-5,9H2,1H3;1H. The average Bonchev–Trinajstić information content (AvgIpc) is 2.48. The van der Waals surface area contributed by atoms with E-state index in [4.69, 9.17) is 0 Å². The molecule has 0 unspecified atom stereocenters. The van der Waals surface area contributed by atoms with Gasteiger partial charge in [-0.05, 0) is 6.07 Å². The lowest BCUT2D eigenvalue weighted by Gasteiger charge is -2.29. The van der Waals surface area contributed by atoms with Gasteiger partial charge in [0, 0.05) is 39.4 Å². The van der Waals surface area contributed by atoms with E-state index in [1.54, 1.807) is 4.90 Å². The van der Waals surface area contributed by atoms with Gasteiger partial charge in [0.1, 0.15) is 10.7 Å². The van der Waals surface area contributed by atoms with Gasteiger partial charge in [-0.25, -0.2) is 12.8 Å². The Hall–Kier alpha value is -1.29. The first-order valence-corrected chi connectivity index (χ1v) is 7.90. The summed E-state index contributed by atoms with van der Waals surface area (Å²) >= 11 is 0. The molecular formula is C12H18ClFN4O3S. The molecule has 1 amide bonds. The Kier molecular flexibility index (Phi) is 6.66. The van der Waals surface area contributed by atoms with E-state index in [-0.39, 0.29) is 29.8 Å². The number of hydrogen-bond acceptors (Lipinski definition) is 5. The van der Waals surface area contributed by atoms with Crippen LogP contribution in [0.4, 0.5) is 4.39 Å². The summed E-state index contributed by atoms with van der Waals surface area (Å²) in [6.45, 7) is 2.20. The topological polar surface area (TPSA) is 82.6 Å². The first-order chi connectivity index (χ1) is 9.91. The average molecular weight is 353 g/mol. The number of rotatable bonds is 4. The second-order valence-electron chi connectivity index (χ2n) is 4.73. The highest BCUT2D eigenvalue weighted by molar-refractivity contribution is 7.89. The second kappa shape index (κ2) is 7.82. The van der Waals surface area contributed by atoms with Crippen molar-refractivity contribution in [3.8, 4) is 0 Å². The minimum atomic E-state index is -3.93. The molecule has 0 atom stereocenters. The summed E-state index contributed by atoms with van der Waals surface area (Å²) in [5.74, 6) is -1.01. The van der Waals surface area contributed by atoms with E-state index in [9.17, 15) is 17.6 Å². The lowest BCUT2D eigenvalue weighted by Crippen LogP contribution is -2.49. The van der Waals surface area contributed by atoms with Crippen molar-refractivity contribution in [2.75, 3.05) is 39.8 Å². The smallest absolute Gasteiger partial charge is 0.244 e. The number of piperazine rings is 1. The number of aromatic nitrogens is 1. The van der Waals surface area contributed by atoms with Crippen LogP contribution in [0.25, 0.3) is 0 Å². The Morgan fingerprint density at radius 3 is 2.64 bits per heavy atom. The van der Waals surface area contributed by atoms with Crippen molar-refractivity contribution in [3.05, 3.63) is 24.3 Å². The van der Waals surface area contributed by atoms with Crippen molar-refractivity contribution < 1.29 is 17.6 Å². The van der Waals surface area contributed by atoms with Crippen molar-refractivity contribution in [2.45, 2.75) is 4.90 Å². The Bertz CT molecular complexity index is 623. The third-order valence-corrected chi connectivity index (χ3v) is 4.98. The van der Waals surface area contributed by atoms with Crippen molar-refractivity contribution in [1.29, 1.82) is 0 Å². The van der Waals surface area contributed by atoms with Crippen LogP contribution in [-0.2, 0) is 14.8 Å². The Balaban J connectivity index is 0.00000242. The quantitative estimate of drug-likeness (QED) is 0.804. The molecule has 0 aromatic carbocycles. The van der Waals surface area contributed by atoms with Gasteiger partial charge in [0.2, 0.25) is 15.9 Å². The highest BCUT2D eigenvalue weighted by Crippen LogP contribution is 2.14. The molecule has 2 rings (SSSR count). The van der Waals surface area contributed by atoms with Crippen LogP contribution in [0.2, 0.25) is 0 Å². The third-order valence-electron chi connectivity index (χ3n) is 3.22. The molecule has 1 saturated heterocycles. The fourth-order valence-corrected chi connectivity index (χ4v) is 3.10. The molecule has 1 aliphatic rings. The minimum absolute atomic E-state index is 0. The van der Waals surface area contributed by atoms with E-state index in [1.165, 1.54) is 7.05 Å². The van der Waals surface area contributed by atoms with Crippen LogP contribution in [-0.4, -0.2) is 68.3 Å². The highest BCUT2D eigenvalue weighted by atomic mass is 35.5. The number of amides is 1. The molecule has 7 nitrogen and oxygen atoms in total. The van der Waals surface area contributed by atoms with Crippen molar-refractivity contribution in [1.82, 2.24) is 19.5 Å².